The van der Waals surface area contributed by atoms with Gasteiger partial charge in [-0.3, -0.25) is 0 Å². The van der Waals surface area contributed by atoms with Gasteiger partial charge in [-0.15, -0.1) is 0 Å². The van der Waals surface area contributed by atoms with E-state index in [1.807, 2.05) is 12.3 Å². The van der Waals surface area contributed by atoms with Crippen molar-refractivity contribution in [2.75, 3.05) is 24.6 Å². The normalized spacial score (nSPS) is 17.6. The summed E-state index contributed by atoms with van der Waals surface area (Å²) in [6, 6.07) is 7.35. The molecule has 0 aliphatic carbocycles. The molecule has 18 heteroatoms. The fourth-order valence-corrected chi connectivity index (χ4v) is 4.47. The van der Waals surface area contributed by atoms with Gasteiger partial charge in [0, 0.05) is 42.5 Å². The van der Waals surface area contributed by atoms with Gasteiger partial charge >= 0.3 is 24.3 Å². The fourth-order valence-electron chi connectivity index (χ4n) is 4.47. The number of aliphatic carboxylic acids is 2. The molecule has 0 radical (unpaired) electrons. The minimum atomic E-state index is -5.08. The largest absolute Gasteiger partial charge is 0.490 e. The summed E-state index contributed by atoms with van der Waals surface area (Å²) in [4.78, 5) is 24.9. The molecule has 244 valence electrons. The van der Waals surface area contributed by atoms with Gasteiger partial charge < -0.3 is 30.3 Å². The summed E-state index contributed by atoms with van der Waals surface area (Å²) in [6.45, 7) is 7.57. The van der Waals surface area contributed by atoms with Gasteiger partial charge in [0.2, 0.25) is 0 Å². The number of ether oxygens (including phenoxy) is 1. The van der Waals surface area contributed by atoms with Crippen molar-refractivity contribution >= 4 is 23.3 Å². The average molecular weight is 647 g/mol. The Morgan fingerprint density at radius 1 is 1.07 bits per heavy atom. The number of fused-ring (bicyclic) bond motifs is 3. The van der Waals surface area contributed by atoms with Crippen molar-refractivity contribution in [2.24, 2.45) is 0 Å². The van der Waals surface area contributed by atoms with E-state index in [0.717, 1.165) is 41.1 Å². The number of piperidine rings is 1. The van der Waals surface area contributed by atoms with E-state index in [2.05, 4.69) is 34.4 Å². The van der Waals surface area contributed by atoms with Crippen molar-refractivity contribution in [3.8, 4) is 22.9 Å². The lowest BCUT2D eigenvalue weighted by Gasteiger charge is -2.49. The number of nitriles is 1. The maximum absolute atomic E-state index is 10.6. The van der Waals surface area contributed by atoms with Crippen LogP contribution in [0.4, 0.5) is 32.2 Å². The first-order chi connectivity index (χ1) is 20.7. The quantitative estimate of drug-likeness (QED) is 0.299. The van der Waals surface area contributed by atoms with Gasteiger partial charge in [0.05, 0.1) is 29.1 Å². The van der Waals surface area contributed by atoms with E-state index in [1.54, 1.807) is 30.8 Å². The third-order valence-corrected chi connectivity index (χ3v) is 6.37. The Kier molecular flexibility index (Phi) is 10.2. The van der Waals surface area contributed by atoms with E-state index in [4.69, 9.17) is 29.5 Å². The van der Waals surface area contributed by atoms with Crippen LogP contribution in [0, 0.1) is 18.3 Å². The number of piperazine rings is 1. The molecule has 2 bridgehead atoms. The smallest absolute Gasteiger partial charge is 0.489 e. The SMILES string of the molecule is Cc1cc(-c2cc(OCC(C)(C)O)cn3ncc(C#N)c23)cnc1N1CC2CC(C1)N2.O=C(O)C(F)(F)F.O=C(O)C(F)(F)F. The van der Waals surface area contributed by atoms with Crippen LogP contribution >= 0.6 is 0 Å². The molecule has 3 saturated heterocycles. The van der Waals surface area contributed by atoms with E-state index in [9.17, 15) is 36.7 Å². The van der Waals surface area contributed by atoms with Gasteiger partial charge in [0.1, 0.15) is 24.2 Å². The number of rotatable bonds is 5. The van der Waals surface area contributed by atoms with Crippen LogP contribution in [0.5, 0.6) is 5.75 Å². The van der Waals surface area contributed by atoms with Gasteiger partial charge in [-0.05, 0) is 44.9 Å². The summed E-state index contributed by atoms with van der Waals surface area (Å²) < 4.78 is 70.9. The second kappa shape index (κ2) is 13.2. The number of aliphatic hydroxyl groups is 1. The Morgan fingerprint density at radius 2 is 1.60 bits per heavy atom. The minimum Gasteiger partial charge on any atom is -0.489 e. The van der Waals surface area contributed by atoms with Crippen LogP contribution in [0.3, 0.4) is 0 Å². The molecule has 3 aliphatic rings. The lowest BCUT2D eigenvalue weighted by molar-refractivity contribution is -0.193. The Labute approximate surface area is 251 Å². The summed E-state index contributed by atoms with van der Waals surface area (Å²) in [7, 11) is 0. The number of carboxylic acid groups (broad SMARTS) is 2. The number of pyridine rings is 2. The Balaban J connectivity index is 0.000000331. The van der Waals surface area contributed by atoms with E-state index in [-0.39, 0.29) is 6.61 Å². The lowest BCUT2D eigenvalue weighted by Crippen LogP contribution is -2.67. The zero-order valence-electron chi connectivity index (χ0n) is 23.9. The predicted octanol–water partition coefficient (Wildman–Crippen LogP) is 3.54. The third kappa shape index (κ3) is 9.18. The number of aryl methyl sites for hydroxylation is 1. The standard InChI is InChI=1S/C23H26N6O2.2C2HF3O2/c1-14-4-15(8-25-22(14)28-10-17-5-18(11-28)27-17)20-6-19(31-13-23(2,3)30)12-29-21(20)16(7-24)9-26-29;2*3-2(4,5)1(6)7/h4,6,8-9,12,17-18,27,30H,5,10-11,13H2,1-3H3;2*(H,6,7). The van der Waals surface area contributed by atoms with Crippen molar-refractivity contribution in [1.82, 2.24) is 19.9 Å². The fraction of sp³-hybridized carbons (Fsp3) is 0.444. The van der Waals surface area contributed by atoms with Gasteiger partial charge in [0.25, 0.3) is 0 Å². The first kappa shape index (κ1) is 34.9. The Morgan fingerprint density at radius 3 is 2.04 bits per heavy atom. The molecule has 0 aromatic carbocycles. The number of anilines is 1. The molecule has 3 aromatic rings. The summed E-state index contributed by atoms with van der Waals surface area (Å²) in [5, 5.41) is 41.7. The van der Waals surface area contributed by atoms with Crippen LogP contribution in [0.15, 0.2) is 30.7 Å². The highest BCUT2D eigenvalue weighted by atomic mass is 19.4. The molecule has 4 N–H and O–H groups in total. The van der Waals surface area contributed by atoms with E-state index in [1.165, 1.54) is 6.42 Å². The Bertz CT molecular complexity index is 1550. The molecule has 6 rings (SSSR count). The van der Waals surface area contributed by atoms with Crippen LogP contribution in [0.25, 0.3) is 16.6 Å². The van der Waals surface area contributed by atoms with Crippen molar-refractivity contribution in [2.45, 2.75) is 57.2 Å². The number of nitrogens with zero attached hydrogens (tertiary/aromatic N) is 5. The average Bonchev–Trinajstić information content (AvgIpc) is 3.33. The summed E-state index contributed by atoms with van der Waals surface area (Å²) in [6.07, 6.45) is -3.77. The van der Waals surface area contributed by atoms with Crippen molar-refractivity contribution in [3.63, 3.8) is 0 Å². The van der Waals surface area contributed by atoms with E-state index < -0.39 is 29.9 Å². The molecule has 2 atom stereocenters. The zero-order valence-corrected chi connectivity index (χ0v) is 23.9. The highest BCUT2D eigenvalue weighted by Crippen LogP contribution is 2.34. The molecule has 2 unspecified atom stereocenters. The van der Waals surface area contributed by atoms with Gasteiger partial charge in [-0.1, -0.05) is 0 Å². The number of aromatic nitrogens is 3. The van der Waals surface area contributed by atoms with Gasteiger partial charge in [-0.2, -0.15) is 36.7 Å². The second-order valence-electron chi connectivity index (χ2n) is 10.8. The zero-order chi connectivity index (χ0) is 33.9. The molecule has 0 amide bonds. The van der Waals surface area contributed by atoms with Gasteiger partial charge in [0.15, 0.2) is 0 Å². The molecule has 0 saturated carbocycles. The molecule has 3 aliphatic heterocycles. The number of carboxylic acids is 2. The van der Waals surface area contributed by atoms with Crippen LogP contribution in [-0.4, -0.2) is 91.6 Å². The minimum absolute atomic E-state index is 0.145. The van der Waals surface area contributed by atoms with Gasteiger partial charge in [-0.25, -0.2) is 19.1 Å². The topological polar surface area (TPSA) is 173 Å². The van der Waals surface area contributed by atoms with Crippen LogP contribution in [-0.2, 0) is 9.59 Å². The second-order valence-corrected chi connectivity index (χ2v) is 10.8. The number of hydrogen-bond acceptors (Lipinski definition) is 9. The molecule has 45 heavy (non-hydrogen) atoms. The number of halogens is 6. The predicted molar refractivity (Wildman–Crippen MR) is 145 cm³/mol. The van der Waals surface area contributed by atoms with Crippen molar-refractivity contribution in [3.05, 3.63) is 41.9 Å². The van der Waals surface area contributed by atoms with Crippen LogP contribution in [0.2, 0.25) is 0 Å². The highest BCUT2D eigenvalue weighted by molar-refractivity contribution is 5.85. The van der Waals surface area contributed by atoms with Crippen LogP contribution in [0.1, 0.15) is 31.4 Å². The Hall–Kier alpha value is -4.63. The molecule has 0 spiro atoms. The van der Waals surface area contributed by atoms with Crippen molar-refractivity contribution < 1.29 is 56.0 Å². The first-order valence-electron chi connectivity index (χ1n) is 13.0. The first-order valence-corrected chi connectivity index (χ1v) is 13.0. The number of hydrogen-bond donors (Lipinski definition) is 4. The molecule has 6 heterocycles. The van der Waals surface area contributed by atoms with Crippen molar-refractivity contribution in [1.29, 1.82) is 5.26 Å². The number of alkyl halides is 6. The van der Waals surface area contributed by atoms with E-state index >= 15 is 0 Å². The monoisotopic (exact) mass is 646 g/mol. The third-order valence-electron chi connectivity index (χ3n) is 6.37. The molecular weight excluding hydrogens is 618 g/mol. The van der Waals surface area contributed by atoms with E-state index in [0.29, 0.717) is 23.4 Å². The molecule has 3 fully saturated rings. The highest BCUT2D eigenvalue weighted by Gasteiger charge is 2.39. The number of nitrogens with one attached hydrogen (secondary N) is 1. The maximum Gasteiger partial charge on any atom is 0.490 e. The molecule has 12 nitrogen and oxygen atoms in total. The molecular formula is C27H28F6N6O6. The van der Waals surface area contributed by atoms with Crippen LogP contribution < -0.4 is 15.0 Å². The lowest BCUT2D eigenvalue weighted by atomic mass is 9.91. The molecule has 3 aromatic heterocycles. The summed E-state index contributed by atoms with van der Waals surface area (Å²) in [5.41, 5.74) is 3.08. The maximum atomic E-state index is 10.6. The number of carbonyl (C=O) groups is 2. The summed E-state index contributed by atoms with van der Waals surface area (Å²) >= 11 is 0. The summed E-state index contributed by atoms with van der Waals surface area (Å²) in [5.74, 6) is -3.93.